The minimum atomic E-state index is -1.13. The summed E-state index contributed by atoms with van der Waals surface area (Å²) in [5.74, 6) is -0.805. The van der Waals surface area contributed by atoms with Crippen LogP contribution >= 0.6 is 11.6 Å². The van der Waals surface area contributed by atoms with Crippen LogP contribution in [0.25, 0.3) is 0 Å². The van der Waals surface area contributed by atoms with Crippen LogP contribution < -0.4 is 10.6 Å². The van der Waals surface area contributed by atoms with Crippen LogP contribution in [0.1, 0.15) is 53.4 Å². The first-order valence-corrected chi connectivity index (χ1v) is 14.0. The van der Waals surface area contributed by atoms with E-state index in [9.17, 15) is 14.4 Å². The Labute approximate surface area is 224 Å². The third-order valence-electron chi connectivity index (χ3n) is 9.02. The van der Waals surface area contributed by atoms with Crippen LogP contribution in [-0.2, 0) is 19.1 Å². The molecule has 8 atom stereocenters. The number of carbonyl (C=O) groups excluding carboxylic acids is 3. The molecule has 37 heavy (non-hydrogen) atoms. The lowest BCUT2D eigenvalue weighted by Crippen LogP contribution is -2.58. The van der Waals surface area contributed by atoms with E-state index >= 15 is 0 Å². The third-order valence-corrected chi connectivity index (χ3v) is 9.27. The molecule has 2 bridgehead atoms. The van der Waals surface area contributed by atoms with E-state index in [1.165, 1.54) is 6.42 Å². The van der Waals surface area contributed by atoms with Crippen LogP contribution in [0.4, 0.5) is 5.69 Å². The average Bonchev–Trinajstić information content (AvgIpc) is 3.49. The number of nitrogens with zero attached hydrogens (tertiary/aromatic N) is 1. The summed E-state index contributed by atoms with van der Waals surface area (Å²) >= 11 is 5.99. The fourth-order valence-electron chi connectivity index (χ4n) is 6.71. The Morgan fingerprint density at radius 2 is 1.89 bits per heavy atom. The van der Waals surface area contributed by atoms with Crippen LogP contribution in [0.5, 0.6) is 0 Å². The van der Waals surface area contributed by atoms with Crippen molar-refractivity contribution >= 4 is 35.0 Å². The molecule has 0 unspecified atom stereocenters. The first-order valence-electron chi connectivity index (χ1n) is 13.7. The first-order chi connectivity index (χ1) is 17.6. The highest BCUT2D eigenvalue weighted by Gasteiger charge is 2.72. The fraction of sp³-hybridized carbons (Fsp3) is 0.621. The summed E-state index contributed by atoms with van der Waals surface area (Å²) in [4.78, 5) is 43.1. The summed E-state index contributed by atoms with van der Waals surface area (Å²) < 4.78 is 6.44. The zero-order valence-corrected chi connectivity index (χ0v) is 22.8. The maximum absolute atomic E-state index is 14.0. The Balaban J connectivity index is 1.43. The largest absolute Gasteiger partial charge is 0.359 e. The molecule has 2 N–H and O–H groups in total. The number of carbonyl (C=O) groups is 3. The number of amides is 3. The quantitative estimate of drug-likeness (QED) is 0.514. The van der Waals surface area contributed by atoms with Crippen LogP contribution in [-0.4, -0.2) is 53.0 Å². The number of anilines is 1. The molecule has 3 aliphatic heterocycles. The second kappa shape index (κ2) is 10.1. The summed E-state index contributed by atoms with van der Waals surface area (Å²) in [7, 11) is 0. The Bertz CT molecular complexity index is 1090. The van der Waals surface area contributed by atoms with Crippen molar-refractivity contribution in [3.63, 3.8) is 0 Å². The van der Waals surface area contributed by atoms with E-state index in [0.29, 0.717) is 35.0 Å². The topological polar surface area (TPSA) is 87.7 Å². The second-order valence-electron chi connectivity index (χ2n) is 11.8. The summed E-state index contributed by atoms with van der Waals surface area (Å²) in [6.45, 7) is 9.09. The number of rotatable bonds is 7. The van der Waals surface area contributed by atoms with Crippen molar-refractivity contribution in [3.05, 3.63) is 41.4 Å². The molecule has 4 aliphatic rings. The molecule has 1 aromatic rings. The van der Waals surface area contributed by atoms with Crippen molar-refractivity contribution in [3.8, 4) is 0 Å². The van der Waals surface area contributed by atoms with Gasteiger partial charge in [-0.2, -0.15) is 0 Å². The van der Waals surface area contributed by atoms with E-state index in [1.807, 2.05) is 12.2 Å². The lowest BCUT2D eigenvalue weighted by Gasteiger charge is -2.38. The van der Waals surface area contributed by atoms with Crippen molar-refractivity contribution in [2.75, 3.05) is 11.9 Å². The molecule has 1 saturated carbocycles. The monoisotopic (exact) mass is 527 g/mol. The minimum absolute atomic E-state index is 0.0698. The summed E-state index contributed by atoms with van der Waals surface area (Å²) in [5, 5.41) is 6.80. The Kier molecular flexibility index (Phi) is 7.14. The highest BCUT2D eigenvalue weighted by atomic mass is 35.5. The zero-order chi connectivity index (χ0) is 26.5. The first kappa shape index (κ1) is 26.2. The fourth-order valence-corrected chi connectivity index (χ4v) is 6.84. The van der Waals surface area contributed by atoms with Gasteiger partial charge in [0.25, 0.3) is 0 Å². The number of nitrogens with one attached hydrogen (secondary N) is 2. The van der Waals surface area contributed by atoms with E-state index < -0.39 is 29.6 Å². The smallest absolute Gasteiger partial charge is 0.246 e. The second-order valence-corrected chi connectivity index (χ2v) is 12.2. The Morgan fingerprint density at radius 3 is 2.59 bits per heavy atom. The van der Waals surface area contributed by atoms with Crippen LogP contribution in [0.15, 0.2) is 36.4 Å². The standard InChI is InChI=1S/C29H38ClN3O4/c1-16(2)13-15-33-25(27(35)32-21-7-5-6-17(3)18(21)4)29-14-12-22(37-29)23(24(29)28(33)36)26(34)31-20-10-8-19(30)9-11-20/h8-12,14,16-18,21-25H,5-7,13,15H2,1-4H3,(H,31,34)(H,32,35)/t17-,18+,21+,22+,23+,24+,25-,29-/m0/s1. The summed E-state index contributed by atoms with van der Waals surface area (Å²) in [5.41, 5.74) is -0.527. The molecule has 7 nitrogen and oxygen atoms in total. The minimum Gasteiger partial charge on any atom is -0.359 e. The molecule has 1 aliphatic carbocycles. The predicted octanol–water partition coefficient (Wildman–Crippen LogP) is 4.42. The van der Waals surface area contributed by atoms with Crippen LogP contribution in [0.2, 0.25) is 5.02 Å². The molecule has 5 rings (SSSR count). The normalized spacial score (nSPS) is 36.2. The summed E-state index contributed by atoms with van der Waals surface area (Å²) in [6, 6.07) is 6.15. The van der Waals surface area contributed by atoms with E-state index in [4.69, 9.17) is 16.3 Å². The lowest BCUT2D eigenvalue weighted by atomic mass is 9.73. The van der Waals surface area contributed by atoms with Crippen molar-refractivity contribution in [1.29, 1.82) is 0 Å². The lowest BCUT2D eigenvalue weighted by molar-refractivity contribution is -0.141. The average molecular weight is 528 g/mol. The van der Waals surface area contributed by atoms with Crippen LogP contribution in [0.3, 0.4) is 0 Å². The van der Waals surface area contributed by atoms with Gasteiger partial charge >= 0.3 is 0 Å². The van der Waals surface area contributed by atoms with E-state index in [0.717, 1.165) is 19.3 Å². The molecule has 2 saturated heterocycles. The van der Waals surface area contributed by atoms with Crippen molar-refractivity contribution in [2.45, 2.75) is 77.2 Å². The van der Waals surface area contributed by atoms with Gasteiger partial charge in [0.15, 0.2) is 0 Å². The molecule has 3 heterocycles. The zero-order valence-electron chi connectivity index (χ0n) is 22.1. The van der Waals surface area contributed by atoms with Gasteiger partial charge in [0.1, 0.15) is 11.6 Å². The van der Waals surface area contributed by atoms with Gasteiger partial charge < -0.3 is 20.3 Å². The number of ether oxygens (including phenoxy) is 1. The van der Waals surface area contributed by atoms with Gasteiger partial charge in [0.05, 0.1) is 17.9 Å². The highest BCUT2D eigenvalue weighted by molar-refractivity contribution is 6.30. The molecule has 1 spiro atoms. The molecule has 200 valence electrons. The van der Waals surface area contributed by atoms with E-state index in [1.54, 1.807) is 29.2 Å². The molecule has 1 aromatic carbocycles. The Hall–Kier alpha value is -2.38. The van der Waals surface area contributed by atoms with E-state index in [2.05, 4.69) is 38.3 Å². The van der Waals surface area contributed by atoms with Crippen molar-refractivity contribution in [1.82, 2.24) is 10.2 Å². The SMILES string of the molecule is CC(C)CCN1C(=O)[C@H]2[C@H](C(=O)Nc3ccc(Cl)cc3)[C@H]3C=C[C@@]2(O3)[C@@H]1C(=O)N[C@@H]1CCC[C@H](C)[C@H]1C. The van der Waals surface area contributed by atoms with Gasteiger partial charge in [-0.25, -0.2) is 0 Å². The van der Waals surface area contributed by atoms with Crippen LogP contribution in [0, 0.1) is 29.6 Å². The van der Waals surface area contributed by atoms with Gasteiger partial charge in [-0.1, -0.05) is 64.3 Å². The van der Waals surface area contributed by atoms with E-state index in [-0.39, 0.29) is 23.8 Å². The van der Waals surface area contributed by atoms with Gasteiger partial charge in [-0.05, 0) is 54.9 Å². The number of benzene rings is 1. The van der Waals surface area contributed by atoms with Gasteiger partial charge in [-0.15, -0.1) is 0 Å². The number of hydrogen-bond acceptors (Lipinski definition) is 4. The molecule has 0 aromatic heterocycles. The maximum Gasteiger partial charge on any atom is 0.246 e. The molecule has 8 heteroatoms. The summed E-state index contributed by atoms with van der Waals surface area (Å²) in [6.07, 6.45) is 7.13. The highest BCUT2D eigenvalue weighted by Crippen LogP contribution is 2.55. The molecular formula is C29H38ClN3O4. The molecule has 0 radical (unpaired) electrons. The molecular weight excluding hydrogens is 490 g/mol. The Morgan fingerprint density at radius 1 is 1.16 bits per heavy atom. The van der Waals surface area contributed by atoms with Crippen molar-refractivity contribution in [2.24, 2.45) is 29.6 Å². The van der Waals surface area contributed by atoms with Crippen molar-refractivity contribution < 1.29 is 19.1 Å². The van der Waals surface area contributed by atoms with Gasteiger partial charge in [-0.3, -0.25) is 14.4 Å². The number of fused-ring (bicyclic) bond motifs is 1. The van der Waals surface area contributed by atoms with Gasteiger partial charge in [0.2, 0.25) is 17.7 Å². The number of halogens is 1. The third kappa shape index (κ3) is 4.59. The maximum atomic E-state index is 14.0. The predicted molar refractivity (Wildman–Crippen MR) is 143 cm³/mol. The van der Waals surface area contributed by atoms with Gasteiger partial charge in [0, 0.05) is 23.3 Å². The number of likely N-dealkylation sites (tertiary alicyclic amines) is 1. The molecule has 3 fully saturated rings. The molecule has 3 amide bonds. The number of hydrogen-bond donors (Lipinski definition) is 2.